The van der Waals surface area contributed by atoms with Crippen molar-refractivity contribution in [3.8, 4) is 0 Å². The van der Waals surface area contributed by atoms with Crippen molar-refractivity contribution in [3.05, 3.63) is 0 Å². The lowest BCUT2D eigenvalue weighted by Gasteiger charge is -2.09. The number of rotatable bonds is 9. The number of nitrogens with zero attached hydrogens (tertiary/aromatic N) is 2. The van der Waals surface area contributed by atoms with Crippen molar-refractivity contribution in [2.24, 2.45) is 0 Å². The van der Waals surface area contributed by atoms with E-state index in [1.807, 2.05) is 0 Å². The molecule has 0 aliphatic carbocycles. The van der Waals surface area contributed by atoms with Crippen LogP contribution in [0.3, 0.4) is 0 Å². The average Bonchev–Trinajstić information content (AvgIpc) is 2.08. The molecule has 0 amide bonds. The topological polar surface area (TPSA) is 6.48 Å². The van der Waals surface area contributed by atoms with Gasteiger partial charge in [-0.15, -0.1) is 24.8 Å². The molecule has 0 fully saturated rings. The van der Waals surface area contributed by atoms with Gasteiger partial charge in [-0.25, -0.2) is 0 Å². The van der Waals surface area contributed by atoms with Gasteiger partial charge in [-0.2, -0.15) is 0 Å². The summed E-state index contributed by atoms with van der Waals surface area (Å²) >= 11 is 0. The van der Waals surface area contributed by atoms with Crippen LogP contribution >= 0.6 is 24.8 Å². The third kappa shape index (κ3) is 20.0. The Balaban J connectivity index is -0.000000845. The number of hydrogen-bond donors (Lipinski definition) is 0. The van der Waals surface area contributed by atoms with Gasteiger partial charge < -0.3 is 9.80 Å². The van der Waals surface area contributed by atoms with Crippen molar-refractivity contribution in [3.63, 3.8) is 0 Å². The van der Waals surface area contributed by atoms with Crippen molar-refractivity contribution >= 4 is 24.8 Å². The minimum absolute atomic E-state index is 0. The first kappa shape index (κ1) is 21.8. The second kappa shape index (κ2) is 15.5. The highest BCUT2D eigenvalue weighted by atomic mass is 35.5. The lowest BCUT2D eigenvalue weighted by atomic mass is 10.1. The van der Waals surface area contributed by atoms with Gasteiger partial charge in [-0.3, -0.25) is 0 Å². The standard InChI is InChI=1S/C12H28N2.2ClH/c1-13(2)11-9-7-5-6-8-10-12-14(3)4;;/h5-12H2,1-4H3;2*1H. The summed E-state index contributed by atoms with van der Waals surface area (Å²) in [5.41, 5.74) is 0. The van der Waals surface area contributed by atoms with Crippen LogP contribution < -0.4 is 0 Å². The van der Waals surface area contributed by atoms with Crippen molar-refractivity contribution < 1.29 is 0 Å². The van der Waals surface area contributed by atoms with Crippen molar-refractivity contribution in [2.45, 2.75) is 38.5 Å². The van der Waals surface area contributed by atoms with Crippen LogP contribution in [0.4, 0.5) is 0 Å². The molecule has 16 heavy (non-hydrogen) atoms. The molecular formula is C12H30Cl2N2. The molecule has 0 atom stereocenters. The van der Waals surface area contributed by atoms with E-state index in [0.717, 1.165) is 0 Å². The van der Waals surface area contributed by atoms with E-state index in [-0.39, 0.29) is 24.8 Å². The molecule has 0 N–H and O–H groups in total. The summed E-state index contributed by atoms with van der Waals surface area (Å²) in [4.78, 5) is 4.54. The highest BCUT2D eigenvalue weighted by Crippen LogP contribution is 2.05. The van der Waals surface area contributed by atoms with Gasteiger partial charge in [0.1, 0.15) is 0 Å². The Morgan fingerprint density at radius 3 is 1.00 bits per heavy atom. The fraction of sp³-hybridized carbons (Fsp3) is 1.00. The van der Waals surface area contributed by atoms with Gasteiger partial charge >= 0.3 is 0 Å². The molecule has 0 rings (SSSR count). The predicted octanol–water partition coefficient (Wildman–Crippen LogP) is 3.29. The van der Waals surface area contributed by atoms with E-state index in [0.29, 0.717) is 0 Å². The molecule has 0 bridgehead atoms. The quantitative estimate of drug-likeness (QED) is 0.595. The van der Waals surface area contributed by atoms with Crippen LogP contribution in [0.25, 0.3) is 0 Å². The summed E-state index contributed by atoms with van der Waals surface area (Å²) in [5, 5.41) is 0. The molecule has 0 radical (unpaired) electrons. The second-order valence-corrected chi connectivity index (χ2v) is 4.73. The first-order chi connectivity index (χ1) is 6.63. The number of hydrogen-bond acceptors (Lipinski definition) is 2. The van der Waals surface area contributed by atoms with E-state index < -0.39 is 0 Å². The number of halogens is 2. The summed E-state index contributed by atoms with van der Waals surface area (Å²) in [6, 6.07) is 0. The minimum Gasteiger partial charge on any atom is -0.309 e. The smallest absolute Gasteiger partial charge is 0.00248 e. The van der Waals surface area contributed by atoms with Gasteiger partial charge in [-0.1, -0.05) is 25.7 Å². The monoisotopic (exact) mass is 272 g/mol. The summed E-state index contributed by atoms with van der Waals surface area (Å²) in [7, 11) is 8.60. The van der Waals surface area contributed by atoms with Gasteiger partial charge in [0.25, 0.3) is 0 Å². The molecule has 0 saturated heterocycles. The normalized spacial score (nSPS) is 10.1. The summed E-state index contributed by atoms with van der Waals surface area (Å²) in [5.74, 6) is 0. The second-order valence-electron chi connectivity index (χ2n) is 4.73. The highest BCUT2D eigenvalue weighted by molar-refractivity contribution is 5.85. The number of unbranched alkanes of at least 4 members (excludes halogenated alkanes) is 5. The Kier molecular flexibility index (Phi) is 21.1. The third-order valence-electron chi connectivity index (χ3n) is 2.46. The van der Waals surface area contributed by atoms with Crippen LogP contribution in [0.15, 0.2) is 0 Å². The molecule has 0 aromatic carbocycles. The Morgan fingerprint density at radius 2 is 0.750 bits per heavy atom. The molecule has 0 spiro atoms. The Morgan fingerprint density at radius 1 is 0.500 bits per heavy atom. The molecular weight excluding hydrogens is 243 g/mol. The molecule has 4 heteroatoms. The van der Waals surface area contributed by atoms with Gasteiger partial charge in [0.15, 0.2) is 0 Å². The fourth-order valence-electron chi connectivity index (χ4n) is 1.56. The Bertz CT molecular complexity index is 106. The molecule has 0 aliphatic heterocycles. The van der Waals surface area contributed by atoms with Gasteiger partial charge in [0, 0.05) is 0 Å². The van der Waals surface area contributed by atoms with Gasteiger partial charge in [-0.05, 0) is 54.1 Å². The predicted molar refractivity (Wildman–Crippen MR) is 79.3 cm³/mol. The molecule has 102 valence electrons. The summed E-state index contributed by atoms with van der Waals surface area (Å²) < 4.78 is 0. The van der Waals surface area contributed by atoms with E-state index in [1.54, 1.807) is 0 Å². The van der Waals surface area contributed by atoms with E-state index in [2.05, 4.69) is 38.0 Å². The zero-order valence-electron chi connectivity index (χ0n) is 11.4. The molecule has 0 saturated carbocycles. The zero-order chi connectivity index (χ0) is 10.8. The van der Waals surface area contributed by atoms with E-state index in [4.69, 9.17) is 0 Å². The summed E-state index contributed by atoms with van der Waals surface area (Å²) in [6.07, 6.45) is 8.37. The van der Waals surface area contributed by atoms with E-state index in [9.17, 15) is 0 Å². The van der Waals surface area contributed by atoms with Crippen LogP contribution in [0.1, 0.15) is 38.5 Å². The molecule has 2 nitrogen and oxygen atoms in total. The van der Waals surface area contributed by atoms with Crippen LogP contribution in [0, 0.1) is 0 Å². The first-order valence-electron chi connectivity index (χ1n) is 5.92. The van der Waals surface area contributed by atoms with Crippen LogP contribution in [0.5, 0.6) is 0 Å². The largest absolute Gasteiger partial charge is 0.309 e. The third-order valence-corrected chi connectivity index (χ3v) is 2.46. The van der Waals surface area contributed by atoms with Crippen LogP contribution in [-0.4, -0.2) is 51.1 Å². The zero-order valence-corrected chi connectivity index (χ0v) is 13.0. The van der Waals surface area contributed by atoms with Gasteiger partial charge in [0.2, 0.25) is 0 Å². The maximum Gasteiger partial charge on any atom is -0.00248 e. The molecule has 0 heterocycles. The Labute approximate surface area is 115 Å². The van der Waals surface area contributed by atoms with Crippen molar-refractivity contribution in [1.82, 2.24) is 9.80 Å². The SMILES string of the molecule is CN(C)CCCCCCCCN(C)C.Cl.Cl. The van der Waals surface area contributed by atoms with Crippen molar-refractivity contribution in [2.75, 3.05) is 41.3 Å². The van der Waals surface area contributed by atoms with Crippen LogP contribution in [-0.2, 0) is 0 Å². The highest BCUT2D eigenvalue weighted by Gasteiger charge is 1.93. The van der Waals surface area contributed by atoms with Gasteiger partial charge in [0.05, 0.1) is 0 Å². The summed E-state index contributed by atoms with van der Waals surface area (Å²) in [6.45, 7) is 2.50. The molecule has 0 aromatic rings. The van der Waals surface area contributed by atoms with Crippen molar-refractivity contribution in [1.29, 1.82) is 0 Å². The van der Waals surface area contributed by atoms with Crippen LogP contribution in [0.2, 0.25) is 0 Å². The molecule has 0 aliphatic rings. The fourth-order valence-corrected chi connectivity index (χ4v) is 1.56. The lowest BCUT2D eigenvalue weighted by Crippen LogP contribution is -2.13. The minimum atomic E-state index is 0. The Hall–Kier alpha value is 0.500. The molecule has 0 aromatic heterocycles. The lowest BCUT2D eigenvalue weighted by molar-refractivity contribution is 0.379. The maximum atomic E-state index is 2.27. The average molecular weight is 273 g/mol. The van der Waals surface area contributed by atoms with E-state index in [1.165, 1.54) is 51.6 Å². The van der Waals surface area contributed by atoms with E-state index >= 15 is 0 Å². The molecule has 0 unspecified atom stereocenters. The first-order valence-corrected chi connectivity index (χ1v) is 5.92. The maximum absolute atomic E-state index is 2.27.